The molecule has 0 aromatic heterocycles. The van der Waals surface area contributed by atoms with E-state index in [0.717, 1.165) is 11.0 Å². The molecule has 0 aliphatic rings. The van der Waals surface area contributed by atoms with Crippen molar-refractivity contribution in [3.05, 3.63) is 0 Å². The van der Waals surface area contributed by atoms with Gasteiger partial charge in [0.2, 0.25) is 0 Å². The third-order valence-electron chi connectivity index (χ3n) is 4.36. The molecule has 0 aliphatic heterocycles. The number of hydrogen-bond donors (Lipinski definition) is 1. The van der Waals surface area contributed by atoms with Gasteiger partial charge < -0.3 is 22.0 Å². The number of nitrogens with zero attached hydrogens (tertiary/aromatic N) is 1. The summed E-state index contributed by atoms with van der Waals surface area (Å²) in [5, 5.41) is 9.94. The van der Waals surface area contributed by atoms with Gasteiger partial charge in [0.05, 0.1) is 19.6 Å². The van der Waals surface area contributed by atoms with E-state index in [1.54, 1.807) is 0 Å². The van der Waals surface area contributed by atoms with Crippen LogP contribution in [0.1, 0.15) is 85.5 Å². The maximum Gasteiger partial charge on any atom is 0.105 e. The van der Waals surface area contributed by atoms with Crippen LogP contribution in [0.3, 0.4) is 0 Å². The van der Waals surface area contributed by atoms with Gasteiger partial charge in [0, 0.05) is 0 Å². The quantitative estimate of drug-likeness (QED) is 0.382. The van der Waals surface area contributed by atoms with Gasteiger partial charge in [0.15, 0.2) is 0 Å². The van der Waals surface area contributed by atoms with Crippen molar-refractivity contribution >= 4 is 0 Å². The van der Waals surface area contributed by atoms with Gasteiger partial charge in [-0.1, -0.05) is 40.0 Å². The molecular weight excluding hydrogens is 282 g/mol. The van der Waals surface area contributed by atoms with Crippen molar-refractivity contribution < 1.29 is 22.0 Å². The summed E-state index contributed by atoms with van der Waals surface area (Å²) in [4.78, 5) is 0. The van der Waals surface area contributed by atoms with Crippen LogP contribution >= 0.6 is 0 Å². The number of aliphatic hydroxyl groups is 1. The molecule has 0 saturated heterocycles. The third-order valence-corrected chi connectivity index (χ3v) is 4.36. The Balaban J connectivity index is 0. The van der Waals surface area contributed by atoms with Crippen LogP contribution in [0.4, 0.5) is 0 Å². The molecule has 3 heteroatoms. The fourth-order valence-corrected chi connectivity index (χ4v) is 3.26. The summed E-state index contributed by atoms with van der Waals surface area (Å²) >= 11 is 0. The van der Waals surface area contributed by atoms with Gasteiger partial charge in [-0.2, -0.15) is 0 Å². The van der Waals surface area contributed by atoms with E-state index < -0.39 is 0 Å². The zero-order valence-electron chi connectivity index (χ0n) is 15.0. The highest BCUT2D eigenvalue weighted by Gasteiger charge is 2.27. The number of unbranched alkanes of at least 4 members (excludes halogenated alkanes) is 6. The SMILES string of the molecule is CCCCC[N+](CCCCC)(CCCCC)CC(C)O.[Cl-]. The Morgan fingerprint density at radius 3 is 1.29 bits per heavy atom. The van der Waals surface area contributed by atoms with Crippen molar-refractivity contribution in [1.29, 1.82) is 0 Å². The number of hydrogen-bond acceptors (Lipinski definition) is 1. The van der Waals surface area contributed by atoms with Crippen LogP contribution in [0, 0.1) is 0 Å². The predicted molar refractivity (Wildman–Crippen MR) is 90.0 cm³/mol. The Morgan fingerprint density at radius 2 is 1.05 bits per heavy atom. The van der Waals surface area contributed by atoms with Crippen molar-refractivity contribution in [2.24, 2.45) is 0 Å². The van der Waals surface area contributed by atoms with E-state index in [2.05, 4.69) is 20.8 Å². The normalized spacial score (nSPS) is 13.0. The highest BCUT2D eigenvalue weighted by molar-refractivity contribution is 4.54. The summed E-state index contributed by atoms with van der Waals surface area (Å²) in [5.41, 5.74) is 0. The lowest BCUT2D eigenvalue weighted by Gasteiger charge is -2.40. The second kappa shape index (κ2) is 15.1. The van der Waals surface area contributed by atoms with Gasteiger partial charge in [-0.15, -0.1) is 0 Å². The summed E-state index contributed by atoms with van der Waals surface area (Å²) < 4.78 is 1.16. The third kappa shape index (κ3) is 12.4. The van der Waals surface area contributed by atoms with E-state index in [4.69, 9.17) is 0 Å². The predicted octanol–water partition coefficient (Wildman–Crippen LogP) is 1.76. The summed E-state index contributed by atoms with van der Waals surface area (Å²) in [6.07, 6.45) is 11.7. The molecule has 0 amide bonds. The van der Waals surface area contributed by atoms with Crippen molar-refractivity contribution in [1.82, 2.24) is 0 Å². The molecule has 130 valence electrons. The van der Waals surface area contributed by atoms with Crippen LogP contribution in [-0.4, -0.2) is 41.9 Å². The standard InChI is InChI=1S/C18H40NO.ClH/c1-5-8-11-14-19(17-18(4)20,15-12-9-6-2)16-13-10-7-3;/h18,20H,5-17H2,1-4H3;1H/q+1;/p-1. The molecule has 1 unspecified atom stereocenters. The van der Waals surface area contributed by atoms with E-state index in [1.165, 1.54) is 77.4 Å². The second-order valence-corrected chi connectivity index (χ2v) is 6.67. The largest absolute Gasteiger partial charge is 1.00 e. The molecule has 1 N–H and O–H groups in total. The van der Waals surface area contributed by atoms with Crippen LogP contribution in [0.2, 0.25) is 0 Å². The van der Waals surface area contributed by atoms with Crippen LogP contribution in [0.15, 0.2) is 0 Å². The first kappa shape index (κ1) is 23.5. The minimum Gasteiger partial charge on any atom is -1.00 e. The summed E-state index contributed by atoms with van der Waals surface area (Å²) in [6, 6.07) is 0. The van der Waals surface area contributed by atoms with E-state index in [0.29, 0.717) is 0 Å². The second-order valence-electron chi connectivity index (χ2n) is 6.67. The molecule has 21 heavy (non-hydrogen) atoms. The maximum absolute atomic E-state index is 9.94. The Bertz CT molecular complexity index is 183. The number of aliphatic hydroxyl groups excluding tert-OH is 1. The smallest absolute Gasteiger partial charge is 0.105 e. The minimum atomic E-state index is -0.167. The first-order chi connectivity index (χ1) is 9.60. The Labute approximate surface area is 140 Å². The Kier molecular flexibility index (Phi) is 16.9. The van der Waals surface area contributed by atoms with Crippen molar-refractivity contribution in [2.75, 3.05) is 26.2 Å². The average Bonchev–Trinajstić information content (AvgIpc) is 2.39. The average molecular weight is 322 g/mol. The maximum atomic E-state index is 9.94. The lowest BCUT2D eigenvalue weighted by molar-refractivity contribution is -0.931. The first-order valence-electron chi connectivity index (χ1n) is 9.13. The molecule has 0 fully saturated rings. The lowest BCUT2D eigenvalue weighted by atomic mass is 10.1. The van der Waals surface area contributed by atoms with Gasteiger partial charge in [-0.05, 0) is 45.4 Å². The topological polar surface area (TPSA) is 20.2 Å². The zero-order valence-corrected chi connectivity index (χ0v) is 15.8. The number of rotatable bonds is 14. The molecule has 0 aliphatic carbocycles. The molecule has 2 nitrogen and oxygen atoms in total. The van der Waals surface area contributed by atoms with E-state index >= 15 is 0 Å². The molecular formula is C18H40ClNO. The molecule has 0 bridgehead atoms. The monoisotopic (exact) mass is 321 g/mol. The molecule has 0 saturated carbocycles. The van der Waals surface area contributed by atoms with Crippen LogP contribution in [0.5, 0.6) is 0 Å². The van der Waals surface area contributed by atoms with Gasteiger partial charge in [-0.3, -0.25) is 0 Å². The van der Waals surface area contributed by atoms with Crippen molar-refractivity contribution in [3.8, 4) is 0 Å². The first-order valence-corrected chi connectivity index (χ1v) is 9.13. The highest BCUT2D eigenvalue weighted by atomic mass is 35.5. The Hall–Kier alpha value is 0.210. The van der Waals surface area contributed by atoms with E-state index in [1.807, 2.05) is 6.92 Å². The van der Waals surface area contributed by atoms with Crippen LogP contribution in [0.25, 0.3) is 0 Å². The van der Waals surface area contributed by atoms with E-state index in [9.17, 15) is 5.11 Å². The number of quaternary nitrogens is 1. The highest BCUT2D eigenvalue weighted by Crippen LogP contribution is 2.17. The van der Waals surface area contributed by atoms with Gasteiger partial charge >= 0.3 is 0 Å². The van der Waals surface area contributed by atoms with Crippen LogP contribution < -0.4 is 12.4 Å². The fourth-order valence-electron chi connectivity index (χ4n) is 3.26. The van der Waals surface area contributed by atoms with Crippen molar-refractivity contribution in [3.63, 3.8) is 0 Å². The summed E-state index contributed by atoms with van der Waals surface area (Å²) in [7, 11) is 0. The van der Waals surface area contributed by atoms with E-state index in [-0.39, 0.29) is 18.5 Å². The lowest BCUT2D eigenvalue weighted by Crippen LogP contribution is -3.00. The van der Waals surface area contributed by atoms with Crippen molar-refractivity contribution in [2.45, 2.75) is 91.6 Å². The minimum absolute atomic E-state index is 0. The molecule has 0 radical (unpaired) electrons. The molecule has 0 aromatic rings. The molecule has 0 aromatic carbocycles. The summed E-state index contributed by atoms with van der Waals surface area (Å²) in [5.74, 6) is 0. The molecule has 1 atom stereocenters. The number of halogens is 1. The van der Waals surface area contributed by atoms with Gasteiger partial charge in [-0.25, -0.2) is 0 Å². The van der Waals surface area contributed by atoms with Gasteiger partial charge in [0.1, 0.15) is 12.6 Å². The molecule has 0 heterocycles. The van der Waals surface area contributed by atoms with Gasteiger partial charge in [0.25, 0.3) is 0 Å². The molecule has 0 spiro atoms. The summed E-state index contributed by atoms with van der Waals surface area (Å²) in [6.45, 7) is 13.6. The molecule has 0 rings (SSSR count). The zero-order chi connectivity index (χ0) is 15.3. The van der Waals surface area contributed by atoms with Crippen LogP contribution in [-0.2, 0) is 0 Å². The Morgan fingerprint density at radius 1 is 0.714 bits per heavy atom. The fraction of sp³-hybridized carbons (Fsp3) is 1.00.